The molecule has 0 aliphatic carbocycles. The molecule has 0 unspecified atom stereocenters. The van der Waals surface area contributed by atoms with Crippen molar-refractivity contribution in [3.63, 3.8) is 0 Å². The molecule has 6 rings (SSSR count). The molecule has 0 spiro atoms. The number of nitrogens with zero attached hydrogens (tertiary/aromatic N) is 6. The Bertz CT molecular complexity index is 3340. The number of benzene rings is 6. The predicted octanol–water partition coefficient (Wildman–Crippen LogP) is 6.56. The molecule has 306 valence electrons. The Morgan fingerprint density at radius 2 is 0.898 bits per heavy atom. The van der Waals surface area contributed by atoms with Gasteiger partial charge in [-0.05, 0) is 82.4 Å². The van der Waals surface area contributed by atoms with Gasteiger partial charge < -0.3 is 25.6 Å². The van der Waals surface area contributed by atoms with Crippen LogP contribution in [0.2, 0.25) is 0 Å². The molecular weight excluding hydrogens is 869 g/mol. The average Bonchev–Trinajstić information content (AvgIpc) is 3.13. The second kappa shape index (κ2) is 14.9. The Hall–Kier alpha value is -6.72. The molecule has 27 heteroatoms. The molecule has 0 amide bonds. The highest BCUT2D eigenvalue weighted by molar-refractivity contribution is 7.86. The number of hydrogen-bond acceptors (Lipinski definition) is 18. The summed E-state index contributed by atoms with van der Waals surface area (Å²) < 4.78 is 133. The number of hydrogen-bond donors (Lipinski definition) is 8. The molecule has 59 heavy (non-hydrogen) atoms. The van der Waals surface area contributed by atoms with Crippen LogP contribution in [0.4, 0.5) is 34.1 Å². The van der Waals surface area contributed by atoms with Crippen LogP contribution in [0.3, 0.4) is 0 Å². The molecule has 0 fully saturated rings. The molecule has 8 N–H and O–H groups in total. The maximum absolute atomic E-state index is 12.9. The van der Waals surface area contributed by atoms with E-state index in [4.69, 9.17) is 0 Å². The molecular formula is C32H22N6O17S4. The van der Waals surface area contributed by atoms with Crippen molar-refractivity contribution in [3.8, 4) is 23.0 Å². The van der Waals surface area contributed by atoms with Gasteiger partial charge in [-0.15, -0.1) is 20.5 Å². The van der Waals surface area contributed by atoms with Crippen molar-refractivity contribution in [2.75, 3.05) is 0 Å². The Kier molecular flexibility index (Phi) is 10.6. The second-order valence-corrected chi connectivity index (χ2v) is 17.6. The number of rotatable bonds is 10. The summed E-state index contributed by atoms with van der Waals surface area (Å²) in [6.45, 7) is 0. The summed E-state index contributed by atoms with van der Waals surface area (Å²) in [6.07, 6.45) is 0. The number of fused-ring (bicyclic) bond motifs is 2. The summed E-state index contributed by atoms with van der Waals surface area (Å²) >= 11 is 0. The Labute approximate surface area is 330 Å². The lowest BCUT2D eigenvalue weighted by Gasteiger charge is -2.10. The smallest absolute Gasteiger partial charge is 0.296 e. The summed E-state index contributed by atoms with van der Waals surface area (Å²) in [4.78, 5) is -3.35. The van der Waals surface area contributed by atoms with Crippen molar-refractivity contribution in [3.05, 3.63) is 90.1 Å². The zero-order valence-electron chi connectivity index (χ0n) is 28.7. The molecule has 0 heterocycles. The van der Waals surface area contributed by atoms with Crippen molar-refractivity contribution in [2.24, 2.45) is 25.6 Å². The fourth-order valence-corrected chi connectivity index (χ4v) is 7.66. The quantitative estimate of drug-likeness (QED) is 0.0312. The van der Waals surface area contributed by atoms with E-state index in [1.54, 1.807) is 0 Å². The van der Waals surface area contributed by atoms with Crippen LogP contribution in [-0.2, 0) is 40.5 Å². The topological polar surface area (TPSA) is 386 Å². The maximum Gasteiger partial charge on any atom is 0.296 e. The summed E-state index contributed by atoms with van der Waals surface area (Å²) in [5.74, 6) is -3.18. The minimum absolute atomic E-state index is 0.0119. The first kappa shape index (κ1) is 41.9. The van der Waals surface area contributed by atoms with Gasteiger partial charge in [0.2, 0.25) is 5.69 Å². The summed E-state index contributed by atoms with van der Waals surface area (Å²) in [6, 6.07) is 13.1. The van der Waals surface area contributed by atoms with Crippen LogP contribution in [0.25, 0.3) is 21.5 Å². The summed E-state index contributed by atoms with van der Waals surface area (Å²) in [5.41, 5.74) is -2.94. The van der Waals surface area contributed by atoms with Crippen molar-refractivity contribution in [2.45, 2.75) is 19.6 Å². The zero-order valence-corrected chi connectivity index (χ0v) is 31.9. The van der Waals surface area contributed by atoms with Crippen molar-refractivity contribution in [1.29, 1.82) is 0 Å². The van der Waals surface area contributed by atoms with Gasteiger partial charge in [0.1, 0.15) is 49.7 Å². The van der Waals surface area contributed by atoms with E-state index in [2.05, 4.69) is 25.6 Å². The number of phenols is 4. The highest BCUT2D eigenvalue weighted by atomic mass is 32.2. The molecule has 0 bridgehead atoms. The Morgan fingerprint density at radius 1 is 0.475 bits per heavy atom. The molecule has 0 atom stereocenters. The van der Waals surface area contributed by atoms with E-state index in [9.17, 15) is 77.5 Å². The van der Waals surface area contributed by atoms with E-state index in [-0.39, 0.29) is 43.5 Å². The van der Waals surface area contributed by atoms with Crippen molar-refractivity contribution < 1.29 is 77.2 Å². The second-order valence-electron chi connectivity index (χ2n) is 11.9. The lowest BCUT2D eigenvalue weighted by molar-refractivity contribution is -0.435. The number of phenolic OH excluding ortho intramolecular Hbond substituents is 4. The SMILES string of the molecule is O=S(=O)(O)c1ccc2c(O)c(N=Nc3ccc(N=[N+]([O-])c4ccc(N=Nc5c(S(=O)(=O)O)cc6cc(S(=O)(=O)O)ccc6c5O)c(O)c4)cc3O)c(S(=O)(=O)O)cc2c1. The number of azo groups is 3. The van der Waals surface area contributed by atoms with Gasteiger partial charge in [0.15, 0.2) is 11.5 Å². The highest BCUT2D eigenvalue weighted by Crippen LogP contribution is 2.44. The standard InChI is InChI=1S/C32H22N6O17S4/c39-25-13-17(1-7-23(25)33-35-29-27(58(50,51)52)11-15-9-19(56(44,45)46)3-5-21(15)31(29)41)37-38(43)18-2-8-24(26(40)14-18)34-36-30-28(59(53,54)55)12-16-10-20(57(47,48)49)4-6-22(16)32(30)42/h1-14,39-42H,(H,44,45,46)(H,47,48,49)(H,50,51,52)(H,53,54,55). The molecule has 0 aliphatic heterocycles. The minimum Gasteiger partial charge on any atom is -0.594 e. The van der Waals surface area contributed by atoms with E-state index in [0.717, 1.165) is 84.9 Å². The van der Waals surface area contributed by atoms with E-state index in [0.29, 0.717) is 0 Å². The normalized spacial score (nSPS) is 13.3. The summed E-state index contributed by atoms with van der Waals surface area (Å²) in [7, 11) is -19.7. The lowest BCUT2D eigenvalue weighted by atomic mass is 10.1. The Morgan fingerprint density at radius 3 is 1.29 bits per heavy atom. The van der Waals surface area contributed by atoms with Crippen LogP contribution in [-0.4, -0.2) is 77.2 Å². The van der Waals surface area contributed by atoms with Crippen LogP contribution in [0, 0.1) is 5.21 Å². The van der Waals surface area contributed by atoms with Crippen LogP contribution in [0.1, 0.15) is 0 Å². The lowest BCUT2D eigenvalue weighted by Crippen LogP contribution is -2.00. The largest absolute Gasteiger partial charge is 0.594 e. The van der Waals surface area contributed by atoms with Gasteiger partial charge in [-0.25, -0.2) is 0 Å². The molecule has 0 aliphatic rings. The molecule has 23 nitrogen and oxygen atoms in total. The van der Waals surface area contributed by atoms with Gasteiger partial charge in [0, 0.05) is 28.0 Å². The number of aromatic hydroxyl groups is 4. The Balaban J connectivity index is 1.27. The monoisotopic (exact) mass is 890 g/mol. The fraction of sp³-hybridized carbons (Fsp3) is 0. The molecule has 0 saturated carbocycles. The third kappa shape index (κ3) is 8.75. The molecule has 0 saturated heterocycles. The molecule has 0 aromatic heterocycles. The van der Waals surface area contributed by atoms with Crippen molar-refractivity contribution >= 4 is 96.1 Å². The third-order valence-corrected chi connectivity index (χ3v) is 11.5. The first-order chi connectivity index (χ1) is 27.3. The van der Waals surface area contributed by atoms with E-state index < -0.39 is 100 Å². The van der Waals surface area contributed by atoms with Gasteiger partial charge in [0.05, 0.1) is 15.9 Å². The van der Waals surface area contributed by atoms with Gasteiger partial charge in [-0.2, -0.15) is 33.7 Å². The van der Waals surface area contributed by atoms with E-state index in [1.165, 1.54) is 0 Å². The van der Waals surface area contributed by atoms with Gasteiger partial charge in [-0.1, -0.05) is 0 Å². The first-order valence-corrected chi connectivity index (χ1v) is 21.3. The average molecular weight is 891 g/mol. The fourth-order valence-electron chi connectivity index (χ4n) is 5.31. The molecule has 6 aromatic rings. The molecule has 0 radical (unpaired) electrons. The molecule has 6 aromatic carbocycles. The van der Waals surface area contributed by atoms with Crippen molar-refractivity contribution in [1.82, 2.24) is 0 Å². The van der Waals surface area contributed by atoms with Crippen LogP contribution < -0.4 is 0 Å². The predicted molar refractivity (Wildman–Crippen MR) is 200 cm³/mol. The van der Waals surface area contributed by atoms with E-state index >= 15 is 0 Å². The van der Waals surface area contributed by atoms with Gasteiger partial charge in [-0.3, -0.25) is 18.2 Å². The summed E-state index contributed by atoms with van der Waals surface area (Å²) in [5, 5.41) is 73.0. The van der Waals surface area contributed by atoms with E-state index in [1.807, 2.05) is 0 Å². The van der Waals surface area contributed by atoms with Crippen LogP contribution in [0.5, 0.6) is 23.0 Å². The van der Waals surface area contributed by atoms with Gasteiger partial charge >= 0.3 is 0 Å². The first-order valence-electron chi connectivity index (χ1n) is 15.5. The minimum atomic E-state index is -5.14. The van der Waals surface area contributed by atoms with Crippen LogP contribution >= 0.6 is 0 Å². The van der Waals surface area contributed by atoms with Gasteiger partial charge in [0.25, 0.3) is 40.5 Å². The van der Waals surface area contributed by atoms with Crippen LogP contribution in [0.15, 0.2) is 130 Å². The zero-order chi connectivity index (χ0) is 43.4. The third-order valence-electron chi connectivity index (χ3n) is 8.06. The maximum atomic E-state index is 12.9. The highest BCUT2D eigenvalue weighted by Gasteiger charge is 2.25.